The van der Waals surface area contributed by atoms with E-state index in [0.717, 1.165) is 16.8 Å². The van der Waals surface area contributed by atoms with E-state index in [-0.39, 0.29) is 0 Å². The lowest BCUT2D eigenvalue weighted by atomic mass is 10.2. The quantitative estimate of drug-likeness (QED) is 0.674. The third-order valence-electron chi connectivity index (χ3n) is 2.83. The average Bonchev–Trinajstić information content (AvgIpc) is 2.81. The zero-order valence-corrected chi connectivity index (χ0v) is 9.97. The Hall–Kier alpha value is -2.49. The first-order valence-electron chi connectivity index (χ1n) is 5.70. The Morgan fingerprint density at radius 2 is 1.89 bits per heavy atom. The largest absolute Gasteiger partial charge is 0.436 e. The molecule has 18 heavy (non-hydrogen) atoms. The first-order valence-corrected chi connectivity index (χ1v) is 5.70. The SMILES string of the molecule is CNc1ccc(-c2nc3ccc(N)cc3o2)cc1. The summed E-state index contributed by atoms with van der Waals surface area (Å²) >= 11 is 0. The van der Waals surface area contributed by atoms with E-state index in [1.807, 2.05) is 43.4 Å². The normalized spacial score (nSPS) is 10.7. The van der Waals surface area contributed by atoms with Gasteiger partial charge in [0.15, 0.2) is 5.58 Å². The van der Waals surface area contributed by atoms with Crippen molar-refractivity contribution in [2.24, 2.45) is 0 Å². The van der Waals surface area contributed by atoms with Crippen LogP contribution in [0.4, 0.5) is 11.4 Å². The zero-order valence-electron chi connectivity index (χ0n) is 9.97. The van der Waals surface area contributed by atoms with Gasteiger partial charge in [0.1, 0.15) is 5.52 Å². The summed E-state index contributed by atoms with van der Waals surface area (Å²) in [4.78, 5) is 4.44. The molecule has 0 radical (unpaired) electrons. The maximum Gasteiger partial charge on any atom is 0.227 e. The summed E-state index contributed by atoms with van der Waals surface area (Å²) < 4.78 is 5.70. The Morgan fingerprint density at radius 3 is 2.61 bits per heavy atom. The molecule has 0 fully saturated rings. The van der Waals surface area contributed by atoms with Crippen molar-refractivity contribution in [2.45, 2.75) is 0 Å². The molecule has 0 bridgehead atoms. The van der Waals surface area contributed by atoms with Crippen LogP contribution in [0.15, 0.2) is 46.9 Å². The summed E-state index contributed by atoms with van der Waals surface area (Å²) in [5.41, 5.74) is 9.92. The summed E-state index contributed by atoms with van der Waals surface area (Å²) in [7, 11) is 1.89. The van der Waals surface area contributed by atoms with Crippen LogP contribution < -0.4 is 11.1 Å². The molecule has 1 heterocycles. The maximum absolute atomic E-state index is 5.71. The molecule has 2 aromatic carbocycles. The minimum absolute atomic E-state index is 0.609. The Balaban J connectivity index is 2.07. The van der Waals surface area contributed by atoms with Crippen LogP contribution in [-0.4, -0.2) is 12.0 Å². The van der Waals surface area contributed by atoms with Crippen LogP contribution in [0.25, 0.3) is 22.6 Å². The van der Waals surface area contributed by atoms with Gasteiger partial charge in [-0.25, -0.2) is 4.98 Å². The standard InChI is InChI=1S/C14H13N3O/c1-16-11-5-2-9(3-6-11)14-17-12-7-4-10(15)8-13(12)18-14/h2-8,16H,15H2,1H3. The van der Waals surface area contributed by atoms with Crippen molar-refractivity contribution in [3.8, 4) is 11.5 Å². The lowest BCUT2D eigenvalue weighted by Gasteiger charge is -1.99. The Labute approximate surface area is 104 Å². The second-order valence-corrected chi connectivity index (χ2v) is 4.07. The highest BCUT2D eigenvalue weighted by atomic mass is 16.3. The summed E-state index contributed by atoms with van der Waals surface area (Å²) in [5.74, 6) is 0.609. The molecule has 4 heteroatoms. The molecule has 0 spiro atoms. The van der Waals surface area contributed by atoms with Crippen LogP contribution in [0, 0.1) is 0 Å². The van der Waals surface area contributed by atoms with Crippen molar-refractivity contribution in [2.75, 3.05) is 18.1 Å². The minimum Gasteiger partial charge on any atom is -0.436 e. The number of nitrogens with one attached hydrogen (secondary N) is 1. The van der Waals surface area contributed by atoms with Crippen LogP contribution in [0.3, 0.4) is 0 Å². The summed E-state index contributed by atoms with van der Waals surface area (Å²) in [6, 6.07) is 13.4. The van der Waals surface area contributed by atoms with Crippen LogP contribution in [-0.2, 0) is 0 Å². The number of nitrogens with zero attached hydrogens (tertiary/aromatic N) is 1. The maximum atomic E-state index is 5.71. The van der Waals surface area contributed by atoms with E-state index < -0.39 is 0 Å². The third-order valence-corrected chi connectivity index (χ3v) is 2.83. The van der Waals surface area contributed by atoms with Crippen molar-refractivity contribution >= 4 is 22.5 Å². The number of rotatable bonds is 2. The van der Waals surface area contributed by atoms with E-state index >= 15 is 0 Å². The Morgan fingerprint density at radius 1 is 1.11 bits per heavy atom. The molecule has 3 N–H and O–H groups in total. The van der Waals surface area contributed by atoms with Gasteiger partial charge in [0, 0.05) is 30.1 Å². The van der Waals surface area contributed by atoms with Crippen molar-refractivity contribution in [1.29, 1.82) is 0 Å². The number of hydrogen-bond acceptors (Lipinski definition) is 4. The fraction of sp³-hybridized carbons (Fsp3) is 0.0714. The van der Waals surface area contributed by atoms with Gasteiger partial charge < -0.3 is 15.5 Å². The van der Waals surface area contributed by atoms with Gasteiger partial charge in [0.2, 0.25) is 5.89 Å². The number of aromatic nitrogens is 1. The predicted octanol–water partition coefficient (Wildman–Crippen LogP) is 3.12. The van der Waals surface area contributed by atoms with E-state index in [4.69, 9.17) is 10.2 Å². The van der Waals surface area contributed by atoms with Crippen LogP contribution in [0.1, 0.15) is 0 Å². The molecule has 0 aliphatic heterocycles. The Bertz CT molecular complexity index is 686. The summed E-state index contributed by atoms with van der Waals surface area (Å²) in [5, 5.41) is 3.07. The highest BCUT2D eigenvalue weighted by molar-refractivity contribution is 5.79. The fourth-order valence-corrected chi connectivity index (χ4v) is 1.84. The van der Waals surface area contributed by atoms with E-state index in [9.17, 15) is 0 Å². The summed E-state index contributed by atoms with van der Waals surface area (Å²) in [6.45, 7) is 0. The summed E-state index contributed by atoms with van der Waals surface area (Å²) in [6.07, 6.45) is 0. The first-order chi connectivity index (χ1) is 8.76. The van der Waals surface area contributed by atoms with Crippen LogP contribution in [0.2, 0.25) is 0 Å². The number of benzene rings is 2. The molecule has 4 nitrogen and oxygen atoms in total. The molecular weight excluding hydrogens is 226 g/mol. The first kappa shape index (κ1) is 10.7. The number of nitrogens with two attached hydrogens (primary N) is 1. The molecule has 3 rings (SSSR count). The number of fused-ring (bicyclic) bond motifs is 1. The van der Waals surface area contributed by atoms with Crippen molar-refractivity contribution < 1.29 is 4.42 Å². The molecule has 0 aliphatic rings. The fourth-order valence-electron chi connectivity index (χ4n) is 1.84. The lowest BCUT2D eigenvalue weighted by Crippen LogP contribution is -1.86. The molecule has 90 valence electrons. The van der Waals surface area contributed by atoms with Gasteiger partial charge in [-0.05, 0) is 36.4 Å². The van der Waals surface area contributed by atoms with Gasteiger partial charge in [0.05, 0.1) is 0 Å². The van der Waals surface area contributed by atoms with E-state index in [2.05, 4.69) is 10.3 Å². The van der Waals surface area contributed by atoms with E-state index in [1.54, 1.807) is 6.07 Å². The van der Waals surface area contributed by atoms with E-state index in [0.29, 0.717) is 17.2 Å². The van der Waals surface area contributed by atoms with Gasteiger partial charge in [-0.2, -0.15) is 0 Å². The van der Waals surface area contributed by atoms with Crippen LogP contribution >= 0.6 is 0 Å². The number of hydrogen-bond donors (Lipinski definition) is 2. The second kappa shape index (κ2) is 4.07. The van der Waals surface area contributed by atoms with Gasteiger partial charge >= 0.3 is 0 Å². The monoisotopic (exact) mass is 239 g/mol. The smallest absolute Gasteiger partial charge is 0.227 e. The number of nitrogen functional groups attached to an aromatic ring is 1. The van der Waals surface area contributed by atoms with Gasteiger partial charge in [-0.1, -0.05) is 0 Å². The van der Waals surface area contributed by atoms with Gasteiger partial charge in [0.25, 0.3) is 0 Å². The highest BCUT2D eigenvalue weighted by Gasteiger charge is 2.08. The molecule has 0 aliphatic carbocycles. The Kier molecular flexibility index (Phi) is 2.41. The molecular formula is C14H13N3O. The molecule has 0 unspecified atom stereocenters. The van der Waals surface area contributed by atoms with Crippen molar-refractivity contribution in [3.05, 3.63) is 42.5 Å². The topological polar surface area (TPSA) is 64.1 Å². The minimum atomic E-state index is 0.609. The molecule has 0 saturated heterocycles. The molecule has 0 atom stereocenters. The molecule has 0 amide bonds. The third kappa shape index (κ3) is 1.78. The predicted molar refractivity (Wildman–Crippen MR) is 73.4 cm³/mol. The number of oxazole rings is 1. The zero-order chi connectivity index (χ0) is 12.5. The van der Waals surface area contributed by atoms with Crippen molar-refractivity contribution in [1.82, 2.24) is 4.98 Å². The van der Waals surface area contributed by atoms with Crippen LogP contribution in [0.5, 0.6) is 0 Å². The molecule has 3 aromatic rings. The molecule has 0 saturated carbocycles. The molecule has 1 aromatic heterocycles. The lowest BCUT2D eigenvalue weighted by molar-refractivity contribution is 0.620. The number of anilines is 2. The van der Waals surface area contributed by atoms with Gasteiger partial charge in [-0.15, -0.1) is 0 Å². The second-order valence-electron chi connectivity index (χ2n) is 4.07. The van der Waals surface area contributed by atoms with E-state index in [1.165, 1.54) is 0 Å². The van der Waals surface area contributed by atoms with Crippen molar-refractivity contribution in [3.63, 3.8) is 0 Å². The van der Waals surface area contributed by atoms with Gasteiger partial charge in [-0.3, -0.25) is 0 Å². The average molecular weight is 239 g/mol. The highest BCUT2D eigenvalue weighted by Crippen LogP contribution is 2.26.